The molecule has 2 aromatic heterocycles. The maximum atomic E-state index is 12.4. The van der Waals surface area contributed by atoms with Gasteiger partial charge in [0.05, 0.1) is 30.6 Å². The van der Waals surface area contributed by atoms with E-state index in [0.29, 0.717) is 26.1 Å². The molecule has 3 heterocycles. The zero-order chi connectivity index (χ0) is 15.9. The number of hydrogen-bond donors (Lipinski definition) is 0. The van der Waals surface area contributed by atoms with Gasteiger partial charge >= 0.3 is 0 Å². The fraction of sp³-hybridized carbons (Fsp3) is 0.667. The average Bonchev–Trinajstić information content (AvgIpc) is 2.98. The van der Waals surface area contributed by atoms with Gasteiger partial charge in [-0.15, -0.1) is 0 Å². The first-order valence-corrected chi connectivity index (χ1v) is 7.74. The number of carbonyl (C=O) groups is 1. The predicted octanol–water partition coefficient (Wildman–Crippen LogP) is 1.10. The molecular weight excluding hydrogens is 282 g/mol. The molecule has 1 fully saturated rings. The Balaban J connectivity index is 1.67. The molecule has 1 saturated heterocycles. The van der Waals surface area contributed by atoms with Crippen LogP contribution in [0.25, 0.3) is 11.0 Å². The van der Waals surface area contributed by atoms with Gasteiger partial charge in [0, 0.05) is 26.6 Å². The Hall–Kier alpha value is -1.89. The molecule has 0 radical (unpaired) electrons. The Morgan fingerprint density at radius 2 is 2.05 bits per heavy atom. The first-order valence-electron chi connectivity index (χ1n) is 7.74. The van der Waals surface area contributed by atoms with Crippen molar-refractivity contribution in [2.45, 2.75) is 45.9 Å². The summed E-state index contributed by atoms with van der Waals surface area (Å²) in [4.78, 5) is 14.3. The van der Waals surface area contributed by atoms with Crippen LogP contribution in [0, 0.1) is 6.92 Å². The second-order valence-electron chi connectivity index (χ2n) is 6.12. The van der Waals surface area contributed by atoms with Crippen LogP contribution in [0.2, 0.25) is 0 Å². The van der Waals surface area contributed by atoms with Gasteiger partial charge in [-0.1, -0.05) is 0 Å². The lowest BCUT2D eigenvalue weighted by Crippen LogP contribution is -2.48. The summed E-state index contributed by atoms with van der Waals surface area (Å²) in [5.41, 5.74) is 2.95. The number of carbonyl (C=O) groups excluding carboxylic acids is 1. The van der Waals surface area contributed by atoms with Gasteiger partial charge in [0.15, 0.2) is 0 Å². The Kier molecular flexibility index (Phi) is 3.90. The SMILES string of the molecule is Cc1nn(C)c2cnn(CCC(=O)N3CC(C)OC(C)C3)c12. The molecule has 2 aromatic rings. The highest BCUT2D eigenvalue weighted by Crippen LogP contribution is 2.17. The molecule has 2 unspecified atom stereocenters. The van der Waals surface area contributed by atoms with Crippen LogP contribution >= 0.6 is 0 Å². The van der Waals surface area contributed by atoms with Crippen molar-refractivity contribution in [3.63, 3.8) is 0 Å². The third-order valence-corrected chi connectivity index (χ3v) is 4.12. The van der Waals surface area contributed by atoms with Crippen LogP contribution in [0.4, 0.5) is 0 Å². The minimum absolute atomic E-state index is 0.102. The van der Waals surface area contributed by atoms with Crippen LogP contribution in [0.1, 0.15) is 26.0 Å². The zero-order valence-electron chi connectivity index (χ0n) is 13.6. The van der Waals surface area contributed by atoms with Gasteiger partial charge in [-0.05, 0) is 20.8 Å². The maximum absolute atomic E-state index is 12.4. The average molecular weight is 305 g/mol. The van der Waals surface area contributed by atoms with E-state index in [0.717, 1.165) is 16.7 Å². The summed E-state index contributed by atoms with van der Waals surface area (Å²) in [6.07, 6.45) is 2.46. The van der Waals surface area contributed by atoms with Crippen molar-refractivity contribution in [2.75, 3.05) is 13.1 Å². The lowest BCUT2D eigenvalue weighted by atomic mass is 10.2. The van der Waals surface area contributed by atoms with Gasteiger partial charge in [-0.2, -0.15) is 10.2 Å². The Bertz CT molecular complexity index is 679. The number of hydrogen-bond acceptors (Lipinski definition) is 4. The van der Waals surface area contributed by atoms with Crippen molar-refractivity contribution in [2.24, 2.45) is 7.05 Å². The standard InChI is InChI=1S/C15H23N5O2/c1-10-8-19(9-11(2)22-10)14(21)5-6-20-15-12(3)17-18(4)13(15)7-16-20/h7,10-11H,5-6,8-9H2,1-4H3. The van der Waals surface area contributed by atoms with Crippen LogP contribution in [0.3, 0.4) is 0 Å². The maximum Gasteiger partial charge on any atom is 0.224 e. The molecule has 0 N–H and O–H groups in total. The number of nitrogens with zero attached hydrogens (tertiary/aromatic N) is 5. The molecule has 7 nitrogen and oxygen atoms in total. The number of morpholine rings is 1. The summed E-state index contributed by atoms with van der Waals surface area (Å²) in [6, 6.07) is 0. The van der Waals surface area contributed by atoms with Crippen LogP contribution in [-0.4, -0.2) is 55.7 Å². The van der Waals surface area contributed by atoms with E-state index in [2.05, 4.69) is 10.2 Å². The van der Waals surface area contributed by atoms with E-state index in [-0.39, 0.29) is 18.1 Å². The molecule has 3 rings (SSSR count). The summed E-state index contributed by atoms with van der Waals surface area (Å²) in [5, 5.41) is 8.78. The van der Waals surface area contributed by atoms with Crippen LogP contribution in [0.5, 0.6) is 0 Å². The fourth-order valence-corrected chi connectivity index (χ4v) is 3.22. The van der Waals surface area contributed by atoms with Crippen molar-refractivity contribution in [1.82, 2.24) is 24.5 Å². The third kappa shape index (κ3) is 2.72. The van der Waals surface area contributed by atoms with Crippen LogP contribution in [0.15, 0.2) is 6.20 Å². The normalized spacial score (nSPS) is 22.5. The Morgan fingerprint density at radius 1 is 1.36 bits per heavy atom. The number of aromatic nitrogens is 4. The van der Waals surface area contributed by atoms with Crippen molar-refractivity contribution in [3.8, 4) is 0 Å². The number of rotatable bonds is 3. The van der Waals surface area contributed by atoms with Gasteiger partial charge in [0.1, 0.15) is 11.0 Å². The van der Waals surface area contributed by atoms with E-state index in [9.17, 15) is 4.79 Å². The molecule has 7 heteroatoms. The first kappa shape index (κ1) is 15.0. The van der Waals surface area contributed by atoms with Gasteiger partial charge in [-0.25, -0.2) is 0 Å². The molecule has 0 saturated carbocycles. The zero-order valence-corrected chi connectivity index (χ0v) is 13.6. The molecule has 22 heavy (non-hydrogen) atoms. The molecular formula is C15H23N5O2. The summed E-state index contributed by atoms with van der Waals surface area (Å²) in [5.74, 6) is 0.159. The summed E-state index contributed by atoms with van der Waals surface area (Å²) >= 11 is 0. The van der Waals surface area contributed by atoms with Gasteiger partial charge in [0.25, 0.3) is 0 Å². The minimum Gasteiger partial charge on any atom is -0.372 e. The van der Waals surface area contributed by atoms with Gasteiger partial charge in [0.2, 0.25) is 5.91 Å². The van der Waals surface area contributed by atoms with E-state index in [1.807, 2.05) is 42.1 Å². The molecule has 0 aromatic carbocycles. The van der Waals surface area contributed by atoms with Crippen molar-refractivity contribution in [3.05, 3.63) is 11.9 Å². The summed E-state index contributed by atoms with van der Waals surface area (Å²) in [7, 11) is 1.91. The van der Waals surface area contributed by atoms with Gasteiger partial charge < -0.3 is 9.64 Å². The minimum atomic E-state index is 0.102. The lowest BCUT2D eigenvalue weighted by Gasteiger charge is -2.35. The van der Waals surface area contributed by atoms with Crippen molar-refractivity contribution < 1.29 is 9.53 Å². The monoisotopic (exact) mass is 305 g/mol. The Morgan fingerprint density at radius 3 is 2.73 bits per heavy atom. The van der Waals surface area contributed by atoms with Gasteiger partial charge in [-0.3, -0.25) is 14.2 Å². The highest BCUT2D eigenvalue weighted by molar-refractivity contribution is 5.79. The van der Waals surface area contributed by atoms with E-state index >= 15 is 0 Å². The van der Waals surface area contributed by atoms with E-state index in [4.69, 9.17) is 4.74 Å². The highest BCUT2D eigenvalue weighted by atomic mass is 16.5. The number of amides is 1. The van der Waals surface area contributed by atoms with Crippen molar-refractivity contribution >= 4 is 16.9 Å². The lowest BCUT2D eigenvalue weighted by molar-refractivity contribution is -0.143. The van der Waals surface area contributed by atoms with Crippen molar-refractivity contribution in [1.29, 1.82) is 0 Å². The predicted molar refractivity (Wildman–Crippen MR) is 82.4 cm³/mol. The molecule has 2 atom stereocenters. The molecule has 120 valence electrons. The fourth-order valence-electron chi connectivity index (χ4n) is 3.22. The largest absolute Gasteiger partial charge is 0.372 e. The first-order chi connectivity index (χ1) is 10.5. The van der Waals surface area contributed by atoms with E-state index in [1.165, 1.54) is 0 Å². The van der Waals surface area contributed by atoms with E-state index in [1.54, 1.807) is 6.20 Å². The van der Waals surface area contributed by atoms with Crippen LogP contribution in [-0.2, 0) is 23.1 Å². The highest BCUT2D eigenvalue weighted by Gasteiger charge is 2.25. The third-order valence-electron chi connectivity index (χ3n) is 4.12. The topological polar surface area (TPSA) is 65.2 Å². The number of fused-ring (bicyclic) bond motifs is 1. The smallest absolute Gasteiger partial charge is 0.224 e. The Labute approximate surface area is 129 Å². The summed E-state index contributed by atoms with van der Waals surface area (Å²) in [6.45, 7) is 7.90. The number of ether oxygens (including phenoxy) is 1. The summed E-state index contributed by atoms with van der Waals surface area (Å²) < 4.78 is 9.37. The molecule has 0 spiro atoms. The molecule has 1 amide bonds. The molecule has 1 aliphatic rings. The van der Waals surface area contributed by atoms with E-state index < -0.39 is 0 Å². The second kappa shape index (κ2) is 5.72. The molecule has 0 aliphatic carbocycles. The molecule has 0 bridgehead atoms. The quantitative estimate of drug-likeness (QED) is 0.852. The van der Waals surface area contributed by atoms with Crippen LogP contribution < -0.4 is 0 Å². The second-order valence-corrected chi connectivity index (χ2v) is 6.12. The molecule has 1 aliphatic heterocycles. The number of aryl methyl sites for hydroxylation is 3.